The van der Waals surface area contributed by atoms with E-state index in [1.54, 1.807) is 6.92 Å². The van der Waals surface area contributed by atoms with Crippen LogP contribution in [0.5, 0.6) is 0 Å². The van der Waals surface area contributed by atoms with Crippen LogP contribution in [0.1, 0.15) is 29.8 Å². The van der Waals surface area contributed by atoms with E-state index < -0.39 is 6.10 Å². The van der Waals surface area contributed by atoms with E-state index in [1.807, 2.05) is 37.3 Å². The van der Waals surface area contributed by atoms with Crippen LogP contribution in [0.3, 0.4) is 0 Å². The maximum atomic E-state index is 9.54. The van der Waals surface area contributed by atoms with Gasteiger partial charge in [0, 0.05) is 17.8 Å². The summed E-state index contributed by atoms with van der Waals surface area (Å²) in [5.41, 5.74) is 2.96. The Balaban J connectivity index is 2.05. The van der Waals surface area contributed by atoms with Gasteiger partial charge in [-0.25, -0.2) is 4.98 Å². The lowest BCUT2D eigenvalue weighted by atomic mass is 10.1. The summed E-state index contributed by atoms with van der Waals surface area (Å²) in [6, 6.07) is 14.0. The number of anilines is 1. The van der Waals surface area contributed by atoms with Crippen LogP contribution in [0.2, 0.25) is 0 Å². The minimum Gasteiger partial charge on any atom is -0.389 e. The van der Waals surface area contributed by atoms with E-state index in [-0.39, 0.29) is 0 Å². The highest BCUT2D eigenvalue weighted by Gasteiger charge is 2.06. The molecule has 2 aromatic rings. The maximum Gasteiger partial charge on any atom is 0.126 e. The zero-order valence-electron chi connectivity index (χ0n) is 10.7. The highest BCUT2D eigenvalue weighted by molar-refractivity contribution is 5.39. The highest BCUT2D eigenvalue weighted by atomic mass is 16.3. The number of aliphatic hydroxyl groups excluding tert-OH is 1. The zero-order chi connectivity index (χ0) is 13.0. The van der Waals surface area contributed by atoms with Gasteiger partial charge in [-0.15, -0.1) is 0 Å². The molecule has 2 rings (SSSR count). The van der Waals surface area contributed by atoms with Gasteiger partial charge in [0.15, 0.2) is 0 Å². The van der Waals surface area contributed by atoms with Crippen LogP contribution in [0.25, 0.3) is 0 Å². The van der Waals surface area contributed by atoms with Gasteiger partial charge >= 0.3 is 0 Å². The first-order valence-corrected chi connectivity index (χ1v) is 6.10. The van der Waals surface area contributed by atoms with E-state index in [0.29, 0.717) is 0 Å². The van der Waals surface area contributed by atoms with E-state index in [2.05, 4.69) is 22.4 Å². The van der Waals surface area contributed by atoms with Gasteiger partial charge in [-0.1, -0.05) is 36.4 Å². The van der Waals surface area contributed by atoms with Crippen LogP contribution in [-0.2, 0) is 6.54 Å². The fourth-order valence-corrected chi connectivity index (χ4v) is 1.90. The summed E-state index contributed by atoms with van der Waals surface area (Å²) in [5, 5.41) is 12.8. The second-order valence-electron chi connectivity index (χ2n) is 4.39. The summed E-state index contributed by atoms with van der Waals surface area (Å²) in [5.74, 6) is 0.834. The molecule has 0 fully saturated rings. The van der Waals surface area contributed by atoms with Crippen molar-refractivity contribution in [3.63, 3.8) is 0 Å². The third kappa shape index (κ3) is 3.08. The molecule has 0 bridgehead atoms. The van der Waals surface area contributed by atoms with Crippen LogP contribution >= 0.6 is 0 Å². The SMILES string of the molecule is Cc1nc(NCc2ccccc2)ccc1C(C)O. The quantitative estimate of drug-likeness (QED) is 0.866. The Morgan fingerprint density at radius 1 is 1.17 bits per heavy atom. The van der Waals surface area contributed by atoms with Crippen LogP contribution < -0.4 is 5.32 Å². The van der Waals surface area contributed by atoms with Crippen molar-refractivity contribution in [1.29, 1.82) is 0 Å². The van der Waals surface area contributed by atoms with E-state index in [4.69, 9.17) is 0 Å². The van der Waals surface area contributed by atoms with E-state index in [0.717, 1.165) is 23.6 Å². The van der Waals surface area contributed by atoms with Crippen LogP contribution in [0, 0.1) is 6.92 Å². The van der Waals surface area contributed by atoms with Gasteiger partial charge in [0.05, 0.1) is 6.10 Å². The number of nitrogens with one attached hydrogen (secondary N) is 1. The molecule has 0 aliphatic carbocycles. The number of benzene rings is 1. The average Bonchev–Trinajstić information content (AvgIpc) is 2.37. The monoisotopic (exact) mass is 242 g/mol. The van der Waals surface area contributed by atoms with Crippen molar-refractivity contribution in [2.75, 3.05) is 5.32 Å². The van der Waals surface area contributed by atoms with Gasteiger partial charge in [0.2, 0.25) is 0 Å². The van der Waals surface area contributed by atoms with Gasteiger partial charge in [0.1, 0.15) is 5.82 Å². The molecule has 0 aliphatic rings. The first kappa shape index (κ1) is 12.6. The molecule has 0 saturated heterocycles. The third-order valence-corrected chi connectivity index (χ3v) is 2.89. The summed E-state index contributed by atoms with van der Waals surface area (Å²) < 4.78 is 0. The number of pyridine rings is 1. The Kier molecular flexibility index (Phi) is 3.95. The number of aryl methyl sites for hydroxylation is 1. The fourth-order valence-electron chi connectivity index (χ4n) is 1.90. The molecule has 3 nitrogen and oxygen atoms in total. The molecular weight excluding hydrogens is 224 g/mol. The third-order valence-electron chi connectivity index (χ3n) is 2.89. The van der Waals surface area contributed by atoms with Crippen molar-refractivity contribution in [2.45, 2.75) is 26.5 Å². The molecule has 3 heteroatoms. The normalized spacial score (nSPS) is 12.2. The molecule has 94 valence electrons. The van der Waals surface area contributed by atoms with Crippen molar-refractivity contribution in [3.8, 4) is 0 Å². The fraction of sp³-hybridized carbons (Fsp3) is 0.267. The minimum absolute atomic E-state index is 0.472. The molecule has 1 heterocycles. The Bertz CT molecular complexity index is 509. The molecule has 18 heavy (non-hydrogen) atoms. The molecule has 0 aliphatic heterocycles. The lowest BCUT2D eigenvalue weighted by Gasteiger charge is -2.11. The number of hydrogen-bond donors (Lipinski definition) is 2. The molecule has 1 aromatic heterocycles. The molecule has 1 aromatic carbocycles. The standard InChI is InChI=1S/C15H18N2O/c1-11-14(12(2)18)8-9-15(17-11)16-10-13-6-4-3-5-7-13/h3-9,12,18H,10H2,1-2H3,(H,16,17). The molecule has 2 N–H and O–H groups in total. The van der Waals surface area contributed by atoms with Crippen molar-refractivity contribution < 1.29 is 5.11 Å². The molecule has 0 spiro atoms. The second-order valence-corrected chi connectivity index (χ2v) is 4.39. The first-order valence-electron chi connectivity index (χ1n) is 6.10. The second kappa shape index (κ2) is 5.65. The first-order chi connectivity index (χ1) is 8.66. The Morgan fingerprint density at radius 3 is 2.50 bits per heavy atom. The number of aromatic nitrogens is 1. The Morgan fingerprint density at radius 2 is 1.89 bits per heavy atom. The van der Waals surface area contributed by atoms with Crippen molar-refractivity contribution in [3.05, 3.63) is 59.3 Å². The topological polar surface area (TPSA) is 45.2 Å². The number of nitrogens with zero attached hydrogens (tertiary/aromatic N) is 1. The maximum absolute atomic E-state index is 9.54. The van der Waals surface area contributed by atoms with Crippen LogP contribution in [-0.4, -0.2) is 10.1 Å². The Hall–Kier alpha value is -1.87. The lowest BCUT2D eigenvalue weighted by molar-refractivity contribution is 0.198. The number of rotatable bonds is 4. The van der Waals surface area contributed by atoms with Crippen molar-refractivity contribution in [2.24, 2.45) is 0 Å². The van der Waals surface area contributed by atoms with Gasteiger partial charge in [-0.2, -0.15) is 0 Å². The van der Waals surface area contributed by atoms with E-state index >= 15 is 0 Å². The summed E-state index contributed by atoms with van der Waals surface area (Å²) >= 11 is 0. The van der Waals surface area contributed by atoms with E-state index in [1.165, 1.54) is 5.56 Å². The summed E-state index contributed by atoms with van der Waals surface area (Å²) in [6.07, 6.45) is -0.472. The minimum atomic E-state index is -0.472. The predicted molar refractivity (Wildman–Crippen MR) is 73.4 cm³/mol. The van der Waals surface area contributed by atoms with Crippen molar-refractivity contribution >= 4 is 5.82 Å². The largest absolute Gasteiger partial charge is 0.389 e. The van der Waals surface area contributed by atoms with Gasteiger partial charge in [-0.05, 0) is 25.5 Å². The zero-order valence-corrected chi connectivity index (χ0v) is 10.7. The van der Waals surface area contributed by atoms with Gasteiger partial charge < -0.3 is 10.4 Å². The van der Waals surface area contributed by atoms with Crippen LogP contribution in [0.4, 0.5) is 5.82 Å². The predicted octanol–water partition coefficient (Wildman–Crippen LogP) is 3.06. The molecule has 1 unspecified atom stereocenters. The van der Waals surface area contributed by atoms with E-state index in [9.17, 15) is 5.11 Å². The molecule has 0 amide bonds. The van der Waals surface area contributed by atoms with Crippen molar-refractivity contribution in [1.82, 2.24) is 4.98 Å². The molecule has 0 saturated carbocycles. The summed E-state index contributed by atoms with van der Waals surface area (Å²) in [6.45, 7) is 4.41. The number of hydrogen-bond acceptors (Lipinski definition) is 3. The average molecular weight is 242 g/mol. The summed E-state index contributed by atoms with van der Waals surface area (Å²) in [4.78, 5) is 4.44. The highest BCUT2D eigenvalue weighted by Crippen LogP contribution is 2.17. The molecule has 0 radical (unpaired) electrons. The smallest absolute Gasteiger partial charge is 0.126 e. The summed E-state index contributed by atoms with van der Waals surface area (Å²) in [7, 11) is 0. The van der Waals surface area contributed by atoms with Gasteiger partial charge in [0.25, 0.3) is 0 Å². The molecular formula is C15H18N2O. The van der Waals surface area contributed by atoms with Gasteiger partial charge in [-0.3, -0.25) is 0 Å². The lowest BCUT2D eigenvalue weighted by Crippen LogP contribution is -2.04. The van der Waals surface area contributed by atoms with Crippen LogP contribution in [0.15, 0.2) is 42.5 Å². The molecule has 1 atom stereocenters. The Labute approximate surface area is 108 Å². The number of aliphatic hydroxyl groups is 1.